The van der Waals surface area contributed by atoms with E-state index in [1.165, 1.54) is 6.20 Å². The van der Waals surface area contributed by atoms with Crippen LogP contribution in [0.15, 0.2) is 28.9 Å². The average Bonchev–Trinajstić information content (AvgIpc) is 2.40. The second kappa shape index (κ2) is 6.05. The van der Waals surface area contributed by atoms with Gasteiger partial charge in [0.1, 0.15) is 10.8 Å². The van der Waals surface area contributed by atoms with Gasteiger partial charge in [-0.2, -0.15) is 4.98 Å². The first-order chi connectivity index (χ1) is 9.12. The summed E-state index contributed by atoms with van der Waals surface area (Å²) in [6, 6.07) is 5.54. The van der Waals surface area contributed by atoms with Gasteiger partial charge in [-0.1, -0.05) is 27.5 Å². The van der Waals surface area contributed by atoms with Gasteiger partial charge < -0.3 is 10.1 Å². The Morgan fingerprint density at radius 3 is 2.84 bits per heavy atom. The number of benzene rings is 1. The molecule has 0 saturated heterocycles. The fraction of sp³-hybridized carbons (Fsp3) is 0.0909. The number of halogens is 2. The van der Waals surface area contributed by atoms with Crippen LogP contribution in [-0.2, 0) is 0 Å². The first kappa shape index (κ1) is 13.9. The summed E-state index contributed by atoms with van der Waals surface area (Å²) in [5.74, 6) is 6.69. The van der Waals surface area contributed by atoms with Gasteiger partial charge in [0.2, 0.25) is 5.95 Å². The lowest BCUT2D eigenvalue weighted by Gasteiger charge is -2.10. The quantitative estimate of drug-likeness (QED) is 0.584. The molecular formula is C11H11BrClN5O. The third-order valence-electron chi connectivity index (χ3n) is 2.24. The lowest BCUT2D eigenvalue weighted by molar-refractivity contribution is 0.415. The van der Waals surface area contributed by atoms with Crippen LogP contribution in [0.4, 0.5) is 17.5 Å². The molecule has 0 fully saturated rings. The maximum Gasteiger partial charge on any atom is 0.239 e. The van der Waals surface area contributed by atoms with Crippen molar-refractivity contribution in [1.82, 2.24) is 9.97 Å². The molecule has 0 aliphatic carbocycles. The van der Waals surface area contributed by atoms with Crippen LogP contribution in [0, 0.1) is 0 Å². The summed E-state index contributed by atoms with van der Waals surface area (Å²) in [6.45, 7) is 0. The number of nitrogens with zero attached hydrogens (tertiary/aromatic N) is 2. The van der Waals surface area contributed by atoms with E-state index in [0.717, 1.165) is 10.2 Å². The number of ether oxygens (including phenoxy) is 1. The molecule has 8 heteroatoms. The van der Waals surface area contributed by atoms with Crippen molar-refractivity contribution >= 4 is 45.0 Å². The molecule has 19 heavy (non-hydrogen) atoms. The number of rotatable bonds is 4. The minimum atomic E-state index is 0.272. The van der Waals surface area contributed by atoms with Gasteiger partial charge in [0, 0.05) is 16.2 Å². The molecule has 0 spiro atoms. The van der Waals surface area contributed by atoms with Gasteiger partial charge in [-0.05, 0) is 12.1 Å². The van der Waals surface area contributed by atoms with E-state index < -0.39 is 0 Å². The fourth-order valence-corrected chi connectivity index (χ4v) is 2.02. The van der Waals surface area contributed by atoms with Crippen molar-refractivity contribution in [2.24, 2.45) is 5.84 Å². The molecular weight excluding hydrogens is 334 g/mol. The number of hydrogen-bond donors (Lipinski definition) is 3. The van der Waals surface area contributed by atoms with Crippen LogP contribution in [0.1, 0.15) is 0 Å². The summed E-state index contributed by atoms with van der Waals surface area (Å²) >= 11 is 9.41. The van der Waals surface area contributed by atoms with E-state index in [4.69, 9.17) is 22.2 Å². The van der Waals surface area contributed by atoms with Crippen LogP contribution in [-0.4, -0.2) is 17.1 Å². The topological polar surface area (TPSA) is 85.1 Å². The SMILES string of the molecule is COc1cc(Br)cc(Nc2nc(NN)ncc2Cl)c1. The molecule has 0 saturated carbocycles. The van der Waals surface area contributed by atoms with Crippen LogP contribution in [0.3, 0.4) is 0 Å². The minimum Gasteiger partial charge on any atom is -0.497 e. The molecule has 1 aromatic carbocycles. The number of hydrazine groups is 1. The lowest BCUT2D eigenvalue weighted by Crippen LogP contribution is -2.11. The van der Waals surface area contributed by atoms with Crippen molar-refractivity contribution in [1.29, 1.82) is 0 Å². The molecule has 0 radical (unpaired) electrons. The molecule has 0 aliphatic heterocycles. The Bertz CT molecular complexity index is 595. The summed E-state index contributed by atoms with van der Waals surface area (Å²) in [4.78, 5) is 8.02. The van der Waals surface area contributed by atoms with Gasteiger partial charge >= 0.3 is 0 Å². The summed E-state index contributed by atoms with van der Waals surface area (Å²) in [5, 5.41) is 3.46. The zero-order valence-corrected chi connectivity index (χ0v) is 12.3. The number of anilines is 3. The van der Waals surface area contributed by atoms with Crippen LogP contribution >= 0.6 is 27.5 Å². The monoisotopic (exact) mass is 343 g/mol. The summed E-state index contributed by atoms with van der Waals surface area (Å²) in [5.41, 5.74) is 3.13. The summed E-state index contributed by atoms with van der Waals surface area (Å²) in [6.07, 6.45) is 1.46. The molecule has 0 amide bonds. The van der Waals surface area contributed by atoms with Gasteiger partial charge in [0.05, 0.1) is 13.3 Å². The number of methoxy groups -OCH3 is 1. The fourth-order valence-electron chi connectivity index (χ4n) is 1.41. The average molecular weight is 345 g/mol. The van der Waals surface area contributed by atoms with Crippen molar-refractivity contribution in [3.05, 3.63) is 33.9 Å². The second-order valence-electron chi connectivity index (χ2n) is 3.54. The Kier molecular flexibility index (Phi) is 4.41. The Hall–Kier alpha value is -1.57. The lowest BCUT2D eigenvalue weighted by atomic mass is 10.3. The predicted molar refractivity (Wildman–Crippen MR) is 78.8 cm³/mol. The van der Waals surface area contributed by atoms with Crippen LogP contribution in [0.5, 0.6) is 5.75 Å². The standard InChI is InChI=1S/C11H11BrClN5O/c1-19-8-3-6(12)2-7(4-8)16-10-9(13)5-15-11(17-10)18-14/h2-5H,14H2,1H3,(H2,15,16,17,18). The molecule has 6 nitrogen and oxygen atoms in total. The van der Waals surface area contributed by atoms with Crippen molar-refractivity contribution in [3.63, 3.8) is 0 Å². The van der Waals surface area contributed by atoms with Gasteiger partial charge in [0.25, 0.3) is 0 Å². The van der Waals surface area contributed by atoms with E-state index in [0.29, 0.717) is 16.6 Å². The number of hydrogen-bond acceptors (Lipinski definition) is 6. The number of nitrogens with one attached hydrogen (secondary N) is 2. The molecule has 4 N–H and O–H groups in total. The van der Waals surface area contributed by atoms with Gasteiger partial charge in [0.15, 0.2) is 5.82 Å². The van der Waals surface area contributed by atoms with Gasteiger partial charge in [-0.3, -0.25) is 5.43 Å². The minimum absolute atomic E-state index is 0.272. The highest BCUT2D eigenvalue weighted by Gasteiger charge is 2.07. The van der Waals surface area contributed by atoms with Crippen molar-refractivity contribution in [2.75, 3.05) is 17.9 Å². The van der Waals surface area contributed by atoms with Gasteiger partial charge in [-0.25, -0.2) is 10.8 Å². The normalized spacial score (nSPS) is 10.1. The van der Waals surface area contributed by atoms with Crippen LogP contribution in [0.25, 0.3) is 0 Å². The Morgan fingerprint density at radius 1 is 1.37 bits per heavy atom. The third kappa shape index (κ3) is 3.46. The van der Waals surface area contributed by atoms with Gasteiger partial charge in [-0.15, -0.1) is 0 Å². The maximum atomic E-state index is 6.02. The Balaban J connectivity index is 2.32. The first-order valence-electron chi connectivity index (χ1n) is 5.23. The first-order valence-corrected chi connectivity index (χ1v) is 6.40. The molecule has 2 rings (SSSR count). The second-order valence-corrected chi connectivity index (χ2v) is 4.86. The largest absolute Gasteiger partial charge is 0.497 e. The van der Waals surface area contributed by atoms with E-state index in [1.807, 2.05) is 18.2 Å². The maximum absolute atomic E-state index is 6.02. The van der Waals surface area contributed by atoms with E-state index >= 15 is 0 Å². The molecule has 100 valence electrons. The molecule has 1 aromatic heterocycles. The summed E-state index contributed by atoms with van der Waals surface area (Å²) < 4.78 is 6.05. The predicted octanol–water partition coefficient (Wildman–Crippen LogP) is 2.93. The number of nitrogen functional groups attached to an aromatic ring is 1. The molecule has 0 unspecified atom stereocenters. The number of nitrogens with two attached hydrogens (primary N) is 1. The zero-order valence-electron chi connectivity index (χ0n) is 9.95. The zero-order chi connectivity index (χ0) is 13.8. The molecule has 0 bridgehead atoms. The molecule has 0 atom stereocenters. The highest BCUT2D eigenvalue weighted by atomic mass is 79.9. The van der Waals surface area contributed by atoms with E-state index in [2.05, 4.69) is 36.6 Å². The smallest absolute Gasteiger partial charge is 0.239 e. The van der Waals surface area contributed by atoms with Crippen molar-refractivity contribution < 1.29 is 4.74 Å². The van der Waals surface area contributed by atoms with Crippen LogP contribution < -0.4 is 21.3 Å². The van der Waals surface area contributed by atoms with Crippen molar-refractivity contribution in [2.45, 2.75) is 0 Å². The van der Waals surface area contributed by atoms with Crippen LogP contribution in [0.2, 0.25) is 5.02 Å². The third-order valence-corrected chi connectivity index (χ3v) is 2.98. The highest BCUT2D eigenvalue weighted by molar-refractivity contribution is 9.10. The highest BCUT2D eigenvalue weighted by Crippen LogP contribution is 2.29. The number of aromatic nitrogens is 2. The molecule has 0 aliphatic rings. The molecule has 1 heterocycles. The van der Waals surface area contributed by atoms with E-state index in [9.17, 15) is 0 Å². The molecule has 2 aromatic rings. The van der Waals surface area contributed by atoms with E-state index in [1.54, 1.807) is 7.11 Å². The van der Waals surface area contributed by atoms with E-state index in [-0.39, 0.29) is 5.95 Å². The van der Waals surface area contributed by atoms with Crippen molar-refractivity contribution in [3.8, 4) is 5.75 Å². The summed E-state index contributed by atoms with van der Waals surface area (Å²) in [7, 11) is 1.60. The Morgan fingerprint density at radius 2 is 2.16 bits per heavy atom. The Labute approximate surface area is 123 Å².